The smallest absolute Gasteiger partial charge is 0.0849 e. The predicted molar refractivity (Wildman–Crippen MR) is 146 cm³/mol. The number of aliphatic imine (C=N–C) groups is 1. The van der Waals surface area contributed by atoms with E-state index < -0.39 is 21.6 Å². The summed E-state index contributed by atoms with van der Waals surface area (Å²) in [6, 6.07) is 30.4. The van der Waals surface area contributed by atoms with Crippen LogP contribution in [-0.4, -0.2) is 14.6 Å². The third-order valence-electron chi connectivity index (χ3n) is 5.25. The number of allylic oxidation sites excluding steroid dienone is 1. The molecule has 0 aromatic heterocycles. The Morgan fingerprint density at radius 2 is 1.00 bits per heavy atom. The lowest BCUT2D eigenvalue weighted by Gasteiger charge is -2.05. The fourth-order valence-electron chi connectivity index (χ4n) is 3.24. The minimum absolute atomic E-state index is 0.747. The maximum atomic E-state index is 12.7. The largest absolute Gasteiger partial charge is 0.362 e. The molecule has 2 atom stereocenters. The van der Waals surface area contributed by atoms with Crippen molar-refractivity contribution in [2.75, 3.05) is 5.32 Å². The van der Waals surface area contributed by atoms with Crippen LogP contribution in [0.25, 0.3) is 0 Å². The number of hydrogen-bond donors (Lipinski definition) is 1. The van der Waals surface area contributed by atoms with Crippen molar-refractivity contribution in [2.45, 2.75) is 33.4 Å². The Bertz CT molecular complexity index is 1380. The molecule has 0 radical (unpaired) electrons. The van der Waals surface area contributed by atoms with Crippen LogP contribution in [0.3, 0.4) is 0 Å². The number of rotatable bonds is 8. The van der Waals surface area contributed by atoms with E-state index in [0.29, 0.717) is 0 Å². The summed E-state index contributed by atoms with van der Waals surface area (Å²) < 4.78 is 25.4. The van der Waals surface area contributed by atoms with E-state index in [0.717, 1.165) is 42.1 Å². The van der Waals surface area contributed by atoms with Crippen LogP contribution in [0.15, 0.2) is 134 Å². The highest BCUT2D eigenvalue weighted by atomic mass is 32.2. The highest BCUT2D eigenvalue weighted by Gasteiger charge is 2.07. The zero-order chi connectivity index (χ0) is 24.6. The van der Waals surface area contributed by atoms with Crippen molar-refractivity contribution in [2.24, 2.45) is 4.99 Å². The lowest BCUT2D eigenvalue weighted by atomic mass is 10.2. The average Bonchev–Trinajstić information content (AvgIpc) is 2.89. The normalized spacial score (nSPS) is 13.2. The molecule has 0 spiro atoms. The Morgan fingerprint density at radius 1 is 0.600 bits per heavy atom. The van der Waals surface area contributed by atoms with Crippen LogP contribution >= 0.6 is 0 Å². The molecule has 6 heteroatoms. The van der Waals surface area contributed by atoms with Crippen molar-refractivity contribution in [3.05, 3.63) is 120 Å². The fourth-order valence-corrected chi connectivity index (χ4v) is 5.32. The Hall–Kier alpha value is -3.61. The maximum absolute atomic E-state index is 12.7. The van der Waals surface area contributed by atoms with Crippen LogP contribution < -0.4 is 5.32 Å². The van der Waals surface area contributed by atoms with Crippen LogP contribution in [0.5, 0.6) is 0 Å². The fraction of sp³-hybridized carbons (Fsp3) is 0.0690. The van der Waals surface area contributed by atoms with Gasteiger partial charge in [-0.15, -0.1) is 0 Å². The Balaban J connectivity index is 1.30. The maximum Gasteiger partial charge on any atom is 0.0849 e. The SMILES string of the molecule is Cc1ccc([S@](=O)c2ccc(N=C/C=C\Nc3ccc([S@@](=O)c4ccc(C)cc4)cc3)cc2)cc1. The lowest BCUT2D eigenvalue weighted by Crippen LogP contribution is -1.94. The van der Waals surface area contributed by atoms with Gasteiger partial charge < -0.3 is 5.32 Å². The average molecular weight is 499 g/mol. The summed E-state index contributed by atoms with van der Waals surface area (Å²) in [4.78, 5) is 7.50. The highest BCUT2D eigenvalue weighted by Crippen LogP contribution is 2.21. The zero-order valence-corrected chi connectivity index (χ0v) is 21.2. The quantitative estimate of drug-likeness (QED) is 0.267. The summed E-state index contributed by atoms with van der Waals surface area (Å²) in [5.74, 6) is 0. The van der Waals surface area contributed by atoms with Gasteiger partial charge in [0, 0.05) is 37.7 Å². The van der Waals surface area contributed by atoms with Gasteiger partial charge in [0.05, 0.1) is 27.3 Å². The number of anilines is 1. The molecule has 35 heavy (non-hydrogen) atoms. The van der Waals surface area contributed by atoms with E-state index in [4.69, 9.17) is 0 Å². The summed E-state index contributed by atoms with van der Waals surface area (Å²) in [6.45, 7) is 4.02. The standard InChI is InChI=1S/C29H26N2O2S2/c1-22-4-12-26(13-5-22)34(32)28-16-8-24(9-17-28)30-20-3-21-31-25-10-18-29(19-11-25)35(33)27-14-6-23(2)7-15-27/h3-21,30H,1-2H3/b20-3-,31-21?/t34-,35-/m0/s1. The number of aryl methyl sites for hydroxylation is 2. The van der Waals surface area contributed by atoms with Gasteiger partial charge in [-0.05, 0) is 92.7 Å². The minimum Gasteiger partial charge on any atom is -0.362 e. The van der Waals surface area contributed by atoms with Gasteiger partial charge in [0.2, 0.25) is 0 Å². The van der Waals surface area contributed by atoms with Gasteiger partial charge >= 0.3 is 0 Å². The molecule has 0 saturated heterocycles. The van der Waals surface area contributed by atoms with E-state index in [1.54, 1.807) is 18.5 Å². The van der Waals surface area contributed by atoms with E-state index in [9.17, 15) is 8.42 Å². The molecular formula is C29H26N2O2S2. The second kappa shape index (κ2) is 11.7. The molecule has 0 amide bonds. The molecule has 0 aliphatic rings. The summed E-state index contributed by atoms with van der Waals surface area (Å²) >= 11 is 0. The molecule has 0 fully saturated rings. The second-order valence-corrected chi connectivity index (χ2v) is 10.9. The zero-order valence-electron chi connectivity index (χ0n) is 19.5. The minimum atomic E-state index is -1.21. The Morgan fingerprint density at radius 3 is 1.46 bits per heavy atom. The van der Waals surface area contributed by atoms with Crippen molar-refractivity contribution in [3.8, 4) is 0 Å². The first-order chi connectivity index (χ1) is 17.0. The highest BCUT2D eigenvalue weighted by molar-refractivity contribution is 7.85. The van der Waals surface area contributed by atoms with Gasteiger partial charge in [-0.3, -0.25) is 4.99 Å². The number of nitrogens with one attached hydrogen (secondary N) is 1. The van der Waals surface area contributed by atoms with E-state index in [1.807, 2.05) is 111 Å². The van der Waals surface area contributed by atoms with Gasteiger partial charge in [0.15, 0.2) is 0 Å². The molecule has 4 aromatic carbocycles. The first kappa shape index (κ1) is 24.5. The van der Waals surface area contributed by atoms with Crippen LogP contribution in [0.4, 0.5) is 11.4 Å². The van der Waals surface area contributed by atoms with Crippen LogP contribution in [0, 0.1) is 13.8 Å². The molecule has 0 bridgehead atoms. The number of hydrogen-bond acceptors (Lipinski definition) is 4. The molecule has 4 aromatic rings. The van der Waals surface area contributed by atoms with Crippen LogP contribution in [-0.2, 0) is 21.6 Å². The third-order valence-corrected chi connectivity index (χ3v) is 8.05. The molecule has 0 heterocycles. The van der Waals surface area contributed by atoms with Crippen molar-refractivity contribution in [3.63, 3.8) is 0 Å². The Kier molecular flexibility index (Phi) is 8.19. The predicted octanol–water partition coefficient (Wildman–Crippen LogP) is 6.96. The molecule has 0 aliphatic carbocycles. The van der Waals surface area contributed by atoms with Crippen LogP contribution in [0.1, 0.15) is 11.1 Å². The summed E-state index contributed by atoms with van der Waals surface area (Å²) in [6.07, 6.45) is 5.28. The van der Waals surface area contributed by atoms with E-state index in [2.05, 4.69) is 10.3 Å². The van der Waals surface area contributed by atoms with E-state index in [1.165, 1.54) is 0 Å². The molecule has 176 valence electrons. The van der Waals surface area contributed by atoms with Gasteiger partial charge in [0.1, 0.15) is 0 Å². The summed E-state index contributed by atoms with van der Waals surface area (Å²) in [7, 11) is -2.40. The van der Waals surface area contributed by atoms with Gasteiger partial charge in [-0.2, -0.15) is 0 Å². The van der Waals surface area contributed by atoms with Crippen molar-refractivity contribution in [1.29, 1.82) is 0 Å². The topological polar surface area (TPSA) is 58.5 Å². The molecule has 0 aliphatic heterocycles. The first-order valence-corrected chi connectivity index (χ1v) is 13.4. The molecule has 0 saturated carbocycles. The van der Waals surface area contributed by atoms with Crippen molar-refractivity contribution in [1.82, 2.24) is 0 Å². The monoisotopic (exact) mass is 498 g/mol. The van der Waals surface area contributed by atoms with E-state index in [-0.39, 0.29) is 0 Å². The van der Waals surface area contributed by atoms with E-state index >= 15 is 0 Å². The summed E-state index contributed by atoms with van der Waals surface area (Å²) in [5, 5.41) is 3.18. The van der Waals surface area contributed by atoms with Gasteiger partial charge in [-0.25, -0.2) is 8.42 Å². The van der Waals surface area contributed by atoms with Crippen molar-refractivity contribution < 1.29 is 8.42 Å². The Labute approximate surface area is 211 Å². The first-order valence-electron chi connectivity index (χ1n) is 11.1. The van der Waals surface area contributed by atoms with Crippen LogP contribution in [0.2, 0.25) is 0 Å². The van der Waals surface area contributed by atoms with Gasteiger partial charge in [-0.1, -0.05) is 35.4 Å². The lowest BCUT2D eigenvalue weighted by molar-refractivity contribution is 0.682. The molecule has 4 rings (SSSR count). The second-order valence-electron chi connectivity index (χ2n) is 7.96. The number of benzene rings is 4. The third kappa shape index (κ3) is 6.72. The molecule has 0 unspecified atom stereocenters. The molecular weight excluding hydrogens is 472 g/mol. The molecule has 1 N–H and O–H groups in total. The number of nitrogens with zero attached hydrogens (tertiary/aromatic N) is 1. The van der Waals surface area contributed by atoms with Gasteiger partial charge in [0.25, 0.3) is 0 Å². The van der Waals surface area contributed by atoms with Crippen molar-refractivity contribution >= 4 is 39.2 Å². The summed E-state index contributed by atoms with van der Waals surface area (Å²) in [5.41, 5.74) is 3.96. The molecule has 4 nitrogen and oxygen atoms in total.